The fourth-order valence-corrected chi connectivity index (χ4v) is 0.802. The van der Waals surface area contributed by atoms with E-state index in [4.69, 9.17) is 14.4 Å². The van der Waals surface area contributed by atoms with Gasteiger partial charge >= 0.3 is 37.8 Å². The SMILES string of the molecule is C1CCNCC1.O.O=[P+]([O-])O.[Na+]. The summed E-state index contributed by atoms with van der Waals surface area (Å²) < 4.78 is 8.59. The minimum absolute atomic E-state index is 0. The zero-order valence-corrected chi connectivity index (χ0v) is 10.1. The summed E-state index contributed by atoms with van der Waals surface area (Å²) in [6.07, 6.45) is 4.22. The Labute approximate surface area is 95.1 Å². The fourth-order valence-electron chi connectivity index (χ4n) is 0.802. The van der Waals surface area contributed by atoms with E-state index in [0.717, 1.165) is 0 Å². The Balaban J connectivity index is -0.000000124. The summed E-state index contributed by atoms with van der Waals surface area (Å²) in [7, 11) is -3.12. The summed E-state index contributed by atoms with van der Waals surface area (Å²) in [5.74, 6) is 0. The summed E-state index contributed by atoms with van der Waals surface area (Å²) in [5, 5.41) is 3.28. The average molecular weight is 206 g/mol. The van der Waals surface area contributed by atoms with Gasteiger partial charge in [-0.15, -0.1) is 0 Å². The standard InChI is InChI=1S/C5H11N.Na.HO3P.H2O/c1-2-4-6-5-3-1;;1-4(2)3;/h6H,1-5H2;;(H,1,2,3);1H2/q;+1;;. The molecule has 1 aliphatic rings. The first-order valence-electron chi connectivity index (χ1n) is 3.27. The molecule has 0 saturated carbocycles. The Morgan fingerprint density at radius 3 is 1.67 bits per heavy atom. The van der Waals surface area contributed by atoms with Crippen LogP contribution in [0.15, 0.2) is 0 Å². The minimum atomic E-state index is -3.12. The van der Waals surface area contributed by atoms with Gasteiger partial charge in [-0.3, -0.25) is 0 Å². The maximum atomic E-state index is 8.59. The topological polar surface area (TPSA) is 104 Å². The number of nitrogens with one attached hydrogen (secondary N) is 1. The summed E-state index contributed by atoms with van der Waals surface area (Å²) in [5.41, 5.74) is 0. The van der Waals surface area contributed by atoms with Gasteiger partial charge in [0.1, 0.15) is 0 Å². The first-order chi connectivity index (χ1) is 4.73. The number of hydrogen-bond donors (Lipinski definition) is 2. The van der Waals surface area contributed by atoms with Crippen LogP contribution in [0.5, 0.6) is 0 Å². The Morgan fingerprint density at radius 1 is 1.25 bits per heavy atom. The van der Waals surface area contributed by atoms with Crippen LogP contribution in [0.3, 0.4) is 0 Å². The quantitative estimate of drug-likeness (QED) is 0.311. The molecule has 0 aromatic rings. The van der Waals surface area contributed by atoms with Crippen molar-refractivity contribution in [3.05, 3.63) is 0 Å². The third-order valence-corrected chi connectivity index (χ3v) is 1.21. The van der Waals surface area contributed by atoms with Gasteiger partial charge in [-0.25, -0.2) is 0 Å². The van der Waals surface area contributed by atoms with Crippen molar-refractivity contribution >= 4 is 8.25 Å². The van der Waals surface area contributed by atoms with E-state index in [1.165, 1.54) is 32.4 Å². The van der Waals surface area contributed by atoms with Crippen molar-refractivity contribution in [1.82, 2.24) is 5.32 Å². The monoisotopic (exact) mass is 206 g/mol. The molecule has 7 heteroatoms. The van der Waals surface area contributed by atoms with Crippen LogP contribution in [0.1, 0.15) is 19.3 Å². The van der Waals surface area contributed by atoms with Crippen molar-refractivity contribution in [2.75, 3.05) is 13.1 Å². The second kappa shape index (κ2) is 14.5. The molecule has 4 N–H and O–H groups in total. The third-order valence-electron chi connectivity index (χ3n) is 1.21. The van der Waals surface area contributed by atoms with Crippen molar-refractivity contribution in [2.24, 2.45) is 0 Å². The van der Waals surface area contributed by atoms with Gasteiger partial charge in [0.05, 0.1) is 0 Å². The third kappa shape index (κ3) is 22.4. The second-order valence-corrected chi connectivity index (χ2v) is 2.52. The maximum absolute atomic E-state index is 8.59. The van der Waals surface area contributed by atoms with Gasteiger partial charge in [0, 0.05) is 0 Å². The molecule has 0 aromatic carbocycles. The van der Waals surface area contributed by atoms with E-state index in [2.05, 4.69) is 5.32 Å². The molecule has 0 aliphatic carbocycles. The molecule has 1 saturated heterocycles. The van der Waals surface area contributed by atoms with Gasteiger partial charge in [-0.2, -0.15) is 4.89 Å². The van der Waals surface area contributed by atoms with E-state index < -0.39 is 8.25 Å². The van der Waals surface area contributed by atoms with Crippen molar-refractivity contribution in [3.63, 3.8) is 0 Å². The average Bonchev–Trinajstić information content (AvgIpc) is 1.90. The Kier molecular flexibility index (Phi) is 22.5. The van der Waals surface area contributed by atoms with Crippen LogP contribution in [0.25, 0.3) is 0 Å². The molecule has 0 bridgehead atoms. The Hall–Kier alpha value is 0.940. The Bertz CT molecular complexity index is 85.9. The summed E-state index contributed by atoms with van der Waals surface area (Å²) in [4.78, 5) is 15.6. The van der Waals surface area contributed by atoms with Crippen molar-refractivity contribution in [2.45, 2.75) is 19.3 Å². The molecule has 0 radical (unpaired) electrons. The Morgan fingerprint density at radius 2 is 1.58 bits per heavy atom. The predicted molar refractivity (Wildman–Crippen MR) is 40.2 cm³/mol. The molecule has 1 atom stereocenters. The molecule has 0 spiro atoms. The van der Waals surface area contributed by atoms with E-state index in [-0.39, 0.29) is 35.0 Å². The van der Waals surface area contributed by atoms with E-state index in [1.807, 2.05) is 0 Å². The van der Waals surface area contributed by atoms with Crippen molar-refractivity contribution in [3.8, 4) is 0 Å². The molecular formula is C5H14NNaO4P+. The maximum Gasteiger partial charge on any atom is 1.00 e. The van der Waals surface area contributed by atoms with Crippen molar-refractivity contribution < 1.29 is 49.4 Å². The van der Waals surface area contributed by atoms with E-state index in [9.17, 15) is 0 Å². The summed E-state index contributed by atoms with van der Waals surface area (Å²) in [6, 6.07) is 0. The molecule has 1 unspecified atom stereocenters. The van der Waals surface area contributed by atoms with Crippen LogP contribution in [-0.4, -0.2) is 23.5 Å². The molecule has 12 heavy (non-hydrogen) atoms. The molecule has 5 nitrogen and oxygen atoms in total. The fraction of sp³-hybridized carbons (Fsp3) is 1.00. The van der Waals surface area contributed by atoms with Gasteiger partial charge in [0.25, 0.3) is 0 Å². The van der Waals surface area contributed by atoms with Gasteiger partial charge in [0.2, 0.25) is 0 Å². The molecule has 68 valence electrons. The number of hydrogen-bond acceptors (Lipinski definition) is 3. The smallest absolute Gasteiger partial charge is 0.567 e. The normalized spacial score (nSPS) is 15.7. The molecule has 0 amide bonds. The van der Waals surface area contributed by atoms with Crippen LogP contribution in [0, 0.1) is 0 Å². The van der Waals surface area contributed by atoms with Crippen molar-refractivity contribution in [1.29, 1.82) is 0 Å². The number of piperidine rings is 1. The largest absolute Gasteiger partial charge is 1.00 e. The second-order valence-electron chi connectivity index (χ2n) is 2.05. The predicted octanol–water partition coefficient (Wildman–Crippen LogP) is -4.06. The number of rotatable bonds is 0. The van der Waals surface area contributed by atoms with Crippen LogP contribution < -0.4 is 39.8 Å². The minimum Gasteiger partial charge on any atom is -0.567 e. The molecule has 1 heterocycles. The van der Waals surface area contributed by atoms with E-state index >= 15 is 0 Å². The first kappa shape index (κ1) is 18.7. The van der Waals surface area contributed by atoms with Crippen LogP contribution >= 0.6 is 8.25 Å². The molecule has 1 rings (SSSR count). The van der Waals surface area contributed by atoms with Crippen LogP contribution in [0.2, 0.25) is 0 Å². The van der Waals surface area contributed by atoms with E-state index in [1.54, 1.807) is 0 Å². The molecule has 0 aromatic heterocycles. The van der Waals surface area contributed by atoms with Gasteiger partial charge < -0.3 is 15.7 Å². The zero-order chi connectivity index (χ0) is 7.82. The summed E-state index contributed by atoms with van der Waals surface area (Å²) >= 11 is 0. The summed E-state index contributed by atoms with van der Waals surface area (Å²) in [6.45, 7) is 2.50. The van der Waals surface area contributed by atoms with Gasteiger partial charge in [-0.1, -0.05) is 6.42 Å². The van der Waals surface area contributed by atoms with E-state index in [0.29, 0.717) is 0 Å². The van der Waals surface area contributed by atoms with Crippen LogP contribution in [-0.2, 0) is 4.57 Å². The zero-order valence-electron chi connectivity index (χ0n) is 7.25. The van der Waals surface area contributed by atoms with Gasteiger partial charge in [-0.05, 0) is 30.5 Å². The van der Waals surface area contributed by atoms with Gasteiger partial charge in [0.15, 0.2) is 0 Å². The molecule has 1 aliphatic heterocycles. The molecule has 1 fully saturated rings. The van der Waals surface area contributed by atoms with Crippen LogP contribution in [0.4, 0.5) is 0 Å². The first-order valence-corrected chi connectivity index (χ1v) is 4.40. The molecular weight excluding hydrogens is 192 g/mol.